The van der Waals surface area contributed by atoms with Crippen molar-refractivity contribution in [3.63, 3.8) is 0 Å². The van der Waals surface area contributed by atoms with Gasteiger partial charge in [-0.1, -0.05) is 32.0 Å². The second-order valence-corrected chi connectivity index (χ2v) is 6.80. The van der Waals surface area contributed by atoms with Gasteiger partial charge in [-0.2, -0.15) is 11.8 Å². The van der Waals surface area contributed by atoms with Gasteiger partial charge in [-0.25, -0.2) is 0 Å². The van der Waals surface area contributed by atoms with Crippen LogP contribution in [0.25, 0.3) is 0 Å². The first-order valence-electron chi connectivity index (χ1n) is 7.36. The van der Waals surface area contributed by atoms with Gasteiger partial charge in [0.05, 0.1) is 0 Å². The van der Waals surface area contributed by atoms with E-state index in [1.165, 1.54) is 17.1 Å². The molecule has 0 radical (unpaired) electrons. The smallest absolute Gasteiger partial charge is 0.122 e. The highest BCUT2D eigenvalue weighted by molar-refractivity contribution is 7.99. The Balaban J connectivity index is 1.82. The number of aliphatic hydroxyl groups excluding tert-OH is 1. The molecule has 1 saturated heterocycles. The summed E-state index contributed by atoms with van der Waals surface area (Å²) in [5, 5.41) is 10.1. The van der Waals surface area contributed by atoms with E-state index >= 15 is 0 Å². The van der Waals surface area contributed by atoms with E-state index in [0.717, 1.165) is 18.8 Å². The minimum Gasteiger partial charge on any atom is -0.491 e. The van der Waals surface area contributed by atoms with Crippen LogP contribution < -0.4 is 4.74 Å². The number of para-hydroxylation sites is 1. The first kappa shape index (κ1) is 15.7. The molecule has 0 bridgehead atoms. The maximum Gasteiger partial charge on any atom is 0.122 e. The number of ether oxygens (including phenoxy) is 1. The molecule has 1 N–H and O–H groups in total. The maximum atomic E-state index is 10.1. The molecule has 1 unspecified atom stereocenters. The fraction of sp³-hybridized carbons (Fsp3) is 0.625. The molecule has 1 aromatic carbocycles. The lowest BCUT2D eigenvalue weighted by molar-refractivity contribution is 0.0711. The molecular formula is C16H25NO2S. The number of aliphatic hydroxyl groups is 1. The molecule has 4 heteroatoms. The van der Waals surface area contributed by atoms with E-state index in [1.807, 2.05) is 30.0 Å². The zero-order chi connectivity index (χ0) is 14.4. The molecule has 1 aliphatic rings. The monoisotopic (exact) mass is 295 g/mol. The molecule has 1 atom stereocenters. The van der Waals surface area contributed by atoms with E-state index < -0.39 is 6.10 Å². The highest BCUT2D eigenvalue weighted by Gasteiger charge is 2.16. The highest BCUT2D eigenvalue weighted by atomic mass is 32.2. The molecule has 20 heavy (non-hydrogen) atoms. The molecule has 0 saturated carbocycles. The second kappa shape index (κ2) is 7.91. The quantitative estimate of drug-likeness (QED) is 0.874. The van der Waals surface area contributed by atoms with Crippen LogP contribution in [0.2, 0.25) is 0 Å². The molecule has 0 aliphatic carbocycles. The van der Waals surface area contributed by atoms with E-state index in [9.17, 15) is 5.11 Å². The van der Waals surface area contributed by atoms with Crippen LogP contribution in [-0.2, 0) is 0 Å². The molecule has 0 spiro atoms. The molecule has 2 rings (SSSR count). The number of rotatable bonds is 6. The van der Waals surface area contributed by atoms with E-state index in [2.05, 4.69) is 24.8 Å². The predicted molar refractivity (Wildman–Crippen MR) is 85.8 cm³/mol. The Labute approximate surface area is 126 Å². The van der Waals surface area contributed by atoms with Gasteiger partial charge in [-0.05, 0) is 17.5 Å². The summed E-state index contributed by atoms with van der Waals surface area (Å²) in [5.41, 5.74) is 1.20. The normalized spacial score (nSPS) is 18.2. The van der Waals surface area contributed by atoms with E-state index in [0.29, 0.717) is 19.1 Å². The van der Waals surface area contributed by atoms with Crippen molar-refractivity contribution in [1.82, 2.24) is 4.90 Å². The molecule has 1 aliphatic heterocycles. The molecule has 1 heterocycles. The summed E-state index contributed by atoms with van der Waals surface area (Å²) in [5.74, 6) is 3.67. The van der Waals surface area contributed by atoms with Gasteiger partial charge in [0.25, 0.3) is 0 Å². The summed E-state index contributed by atoms with van der Waals surface area (Å²) < 4.78 is 5.82. The van der Waals surface area contributed by atoms with Gasteiger partial charge in [-0.3, -0.25) is 4.90 Å². The third-order valence-corrected chi connectivity index (χ3v) is 4.49. The molecule has 3 nitrogen and oxygen atoms in total. The lowest BCUT2D eigenvalue weighted by atomic mass is 10.0. The van der Waals surface area contributed by atoms with Crippen molar-refractivity contribution in [2.45, 2.75) is 25.9 Å². The van der Waals surface area contributed by atoms with E-state index in [4.69, 9.17) is 4.74 Å². The Morgan fingerprint density at radius 1 is 1.25 bits per heavy atom. The highest BCUT2D eigenvalue weighted by Crippen LogP contribution is 2.25. The number of nitrogens with zero attached hydrogens (tertiary/aromatic N) is 1. The van der Waals surface area contributed by atoms with Gasteiger partial charge >= 0.3 is 0 Å². The van der Waals surface area contributed by atoms with Gasteiger partial charge in [0.1, 0.15) is 18.5 Å². The zero-order valence-corrected chi connectivity index (χ0v) is 13.2. The number of benzene rings is 1. The average molecular weight is 295 g/mol. The van der Waals surface area contributed by atoms with Crippen LogP contribution in [0.4, 0.5) is 0 Å². The predicted octanol–water partition coefficient (Wildman–Crippen LogP) is 2.60. The Bertz CT molecular complexity index is 405. The summed E-state index contributed by atoms with van der Waals surface area (Å²) in [6.07, 6.45) is -0.418. The number of β-amino-alcohol motifs (C(OH)–C–C–N with tert-alkyl or cyclic N) is 1. The number of hydrogen-bond acceptors (Lipinski definition) is 4. The van der Waals surface area contributed by atoms with Gasteiger partial charge in [-0.15, -0.1) is 0 Å². The Kier molecular flexibility index (Phi) is 6.20. The van der Waals surface area contributed by atoms with Crippen molar-refractivity contribution in [2.75, 3.05) is 37.7 Å². The first-order valence-corrected chi connectivity index (χ1v) is 8.52. The van der Waals surface area contributed by atoms with E-state index in [1.54, 1.807) is 0 Å². The standard InChI is InChI=1S/C16H25NO2S/c1-13(2)15-5-3-4-6-16(15)19-12-14(18)11-17-7-9-20-10-8-17/h3-6,13-14,18H,7-12H2,1-2H3. The van der Waals surface area contributed by atoms with Crippen LogP contribution in [0.5, 0.6) is 5.75 Å². The fourth-order valence-electron chi connectivity index (χ4n) is 2.41. The molecular weight excluding hydrogens is 270 g/mol. The van der Waals surface area contributed by atoms with Crippen molar-refractivity contribution < 1.29 is 9.84 Å². The van der Waals surface area contributed by atoms with Crippen molar-refractivity contribution in [3.05, 3.63) is 29.8 Å². The molecule has 0 aromatic heterocycles. The number of hydrogen-bond donors (Lipinski definition) is 1. The minimum absolute atomic E-state index is 0.368. The maximum absolute atomic E-state index is 10.1. The summed E-state index contributed by atoms with van der Waals surface area (Å²) in [6, 6.07) is 8.09. The van der Waals surface area contributed by atoms with Gasteiger partial charge < -0.3 is 9.84 Å². The van der Waals surface area contributed by atoms with Crippen LogP contribution in [0, 0.1) is 0 Å². The van der Waals surface area contributed by atoms with Crippen molar-refractivity contribution in [3.8, 4) is 5.75 Å². The fourth-order valence-corrected chi connectivity index (χ4v) is 3.39. The SMILES string of the molecule is CC(C)c1ccccc1OCC(O)CN1CCSCC1. The first-order chi connectivity index (χ1) is 9.66. The second-order valence-electron chi connectivity index (χ2n) is 5.57. The molecule has 1 fully saturated rings. The van der Waals surface area contributed by atoms with Crippen LogP contribution in [0.1, 0.15) is 25.3 Å². The minimum atomic E-state index is -0.418. The molecule has 112 valence electrons. The molecule has 1 aromatic rings. The van der Waals surface area contributed by atoms with Gasteiger partial charge in [0.2, 0.25) is 0 Å². The zero-order valence-electron chi connectivity index (χ0n) is 12.4. The van der Waals surface area contributed by atoms with Crippen molar-refractivity contribution >= 4 is 11.8 Å². The lowest BCUT2D eigenvalue weighted by Crippen LogP contribution is -2.40. The summed E-state index contributed by atoms with van der Waals surface area (Å²) >= 11 is 1.99. The molecule has 0 amide bonds. The van der Waals surface area contributed by atoms with E-state index in [-0.39, 0.29) is 0 Å². The lowest BCUT2D eigenvalue weighted by Gasteiger charge is -2.28. The largest absolute Gasteiger partial charge is 0.491 e. The summed E-state index contributed by atoms with van der Waals surface area (Å²) in [7, 11) is 0. The van der Waals surface area contributed by atoms with Crippen LogP contribution in [-0.4, -0.2) is 53.9 Å². The van der Waals surface area contributed by atoms with Crippen LogP contribution in [0.3, 0.4) is 0 Å². The summed E-state index contributed by atoms with van der Waals surface area (Å²) in [4.78, 5) is 2.32. The van der Waals surface area contributed by atoms with Gasteiger partial charge in [0.15, 0.2) is 0 Å². The Hall–Kier alpha value is -0.710. The summed E-state index contributed by atoms with van der Waals surface area (Å²) in [6.45, 7) is 7.54. The average Bonchev–Trinajstić information content (AvgIpc) is 2.46. The Morgan fingerprint density at radius 2 is 1.95 bits per heavy atom. The number of thioether (sulfide) groups is 1. The van der Waals surface area contributed by atoms with Crippen molar-refractivity contribution in [1.29, 1.82) is 0 Å². The Morgan fingerprint density at radius 3 is 2.65 bits per heavy atom. The van der Waals surface area contributed by atoms with Crippen LogP contribution >= 0.6 is 11.8 Å². The van der Waals surface area contributed by atoms with Crippen molar-refractivity contribution in [2.24, 2.45) is 0 Å². The topological polar surface area (TPSA) is 32.7 Å². The third-order valence-electron chi connectivity index (χ3n) is 3.54. The van der Waals surface area contributed by atoms with Gasteiger partial charge in [0, 0.05) is 31.1 Å². The van der Waals surface area contributed by atoms with Crippen LogP contribution in [0.15, 0.2) is 24.3 Å². The third kappa shape index (κ3) is 4.69.